The van der Waals surface area contributed by atoms with Crippen LogP contribution in [-0.4, -0.2) is 60.3 Å². The van der Waals surface area contributed by atoms with E-state index in [0.29, 0.717) is 39.9 Å². The predicted octanol–water partition coefficient (Wildman–Crippen LogP) is 5.01. The summed E-state index contributed by atoms with van der Waals surface area (Å²) in [6, 6.07) is 1.70. The third kappa shape index (κ3) is 5.64. The summed E-state index contributed by atoms with van der Waals surface area (Å²) in [5, 5.41) is 1.35. The van der Waals surface area contributed by atoms with E-state index < -0.39 is 0 Å². The molecule has 0 bridgehead atoms. The molecule has 2 aliphatic heterocycles. The van der Waals surface area contributed by atoms with Crippen LogP contribution in [0.25, 0.3) is 0 Å². The third-order valence-corrected chi connectivity index (χ3v) is 7.34. The summed E-state index contributed by atoms with van der Waals surface area (Å²) in [5.41, 5.74) is 8.06. The fourth-order valence-corrected chi connectivity index (χ4v) is 5.29. The van der Waals surface area contributed by atoms with Crippen molar-refractivity contribution in [1.82, 2.24) is 14.9 Å². The first-order valence-corrected chi connectivity index (χ1v) is 13.1. The van der Waals surface area contributed by atoms with E-state index in [4.69, 9.17) is 38.4 Å². The zero-order valence-corrected chi connectivity index (χ0v) is 21.7. The highest BCUT2D eigenvalue weighted by Gasteiger charge is 2.32. The molecule has 3 heterocycles. The van der Waals surface area contributed by atoms with Crippen LogP contribution in [0.5, 0.6) is 11.5 Å². The van der Waals surface area contributed by atoms with Gasteiger partial charge in [0.05, 0.1) is 10.0 Å². The van der Waals surface area contributed by atoms with Crippen molar-refractivity contribution in [3.8, 4) is 11.5 Å². The summed E-state index contributed by atoms with van der Waals surface area (Å²) in [7, 11) is 0. The van der Waals surface area contributed by atoms with Crippen molar-refractivity contribution in [3.05, 3.63) is 33.4 Å². The highest BCUT2D eigenvalue weighted by molar-refractivity contribution is 6.37. The molecule has 1 atom stereocenters. The van der Waals surface area contributed by atoms with Crippen molar-refractivity contribution < 1.29 is 9.47 Å². The van der Waals surface area contributed by atoms with Gasteiger partial charge in [0.2, 0.25) is 5.95 Å². The molecule has 9 heteroatoms. The monoisotopic (exact) mass is 507 g/mol. The molecule has 34 heavy (non-hydrogen) atoms. The van der Waals surface area contributed by atoms with Crippen molar-refractivity contribution in [2.24, 2.45) is 0 Å². The number of aromatic nitrogens is 2. The number of nitrogens with zero attached hydrogens (tertiary/aromatic N) is 4. The van der Waals surface area contributed by atoms with E-state index >= 15 is 0 Å². The van der Waals surface area contributed by atoms with Gasteiger partial charge in [-0.1, -0.05) is 49.9 Å². The second-order valence-electron chi connectivity index (χ2n) is 9.07. The predicted molar refractivity (Wildman–Crippen MR) is 139 cm³/mol. The van der Waals surface area contributed by atoms with Crippen LogP contribution in [-0.2, 0) is 12.8 Å². The number of fused-ring (bicyclic) bond motifs is 1. The average molecular weight is 508 g/mol. The van der Waals surface area contributed by atoms with Gasteiger partial charge in [-0.05, 0) is 42.9 Å². The summed E-state index contributed by atoms with van der Waals surface area (Å²) < 4.78 is 12.6. The molecule has 1 saturated heterocycles. The molecule has 0 spiro atoms. The lowest BCUT2D eigenvalue weighted by atomic mass is 9.96. The first kappa shape index (κ1) is 25.1. The Balaban J connectivity index is 1.43. The molecule has 1 unspecified atom stereocenters. The minimum Gasteiger partial charge on any atom is -0.484 e. The second kappa shape index (κ2) is 11.6. The zero-order chi connectivity index (χ0) is 24.1. The van der Waals surface area contributed by atoms with Crippen LogP contribution in [0.1, 0.15) is 50.7 Å². The minimum absolute atomic E-state index is 0.100. The number of rotatable bonds is 9. The van der Waals surface area contributed by atoms with Gasteiger partial charge in [0.15, 0.2) is 11.5 Å². The number of anilines is 2. The van der Waals surface area contributed by atoms with Gasteiger partial charge >= 0.3 is 0 Å². The van der Waals surface area contributed by atoms with Crippen LogP contribution < -0.4 is 20.1 Å². The Hall–Kier alpha value is -1.96. The highest BCUT2D eigenvalue weighted by atomic mass is 35.5. The number of ether oxygens (including phenoxy) is 2. The lowest BCUT2D eigenvalue weighted by Crippen LogP contribution is -2.51. The highest BCUT2D eigenvalue weighted by Crippen LogP contribution is 2.49. The first-order chi connectivity index (χ1) is 16.5. The number of nitrogens with two attached hydrogens (primary N) is 1. The van der Waals surface area contributed by atoms with Crippen molar-refractivity contribution in [1.29, 1.82) is 0 Å². The molecular weight excluding hydrogens is 473 g/mol. The van der Waals surface area contributed by atoms with Crippen LogP contribution in [0.4, 0.5) is 11.8 Å². The number of halogens is 2. The van der Waals surface area contributed by atoms with Crippen LogP contribution in [0.2, 0.25) is 10.0 Å². The normalized spacial score (nSPS) is 18.4. The lowest BCUT2D eigenvalue weighted by molar-refractivity contribution is 0.0570. The van der Waals surface area contributed by atoms with Gasteiger partial charge in [-0.15, -0.1) is 0 Å². The summed E-state index contributed by atoms with van der Waals surface area (Å²) in [6.07, 6.45) is 7.77. The van der Waals surface area contributed by atoms with E-state index in [1.807, 2.05) is 0 Å². The van der Waals surface area contributed by atoms with E-state index in [1.54, 1.807) is 12.3 Å². The summed E-state index contributed by atoms with van der Waals surface area (Å²) in [6.45, 7) is 9.04. The Labute approximate surface area is 212 Å². The Bertz CT molecular complexity index is 982. The van der Waals surface area contributed by atoms with Crippen LogP contribution >= 0.6 is 23.2 Å². The fraction of sp³-hybridized carbons (Fsp3) is 0.600. The van der Waals surface area contributed by atoms with E-state index in [9.17, 15) is 0 Å². The smallest absolute Gasteiger partial charge is 0.227 e. The molecule has 0 radical (unpaired) electrons. The summed E-state index contributed by atoms with van der Waals surface area (Å²) in [5.74, 6) is 2.40. The SMILES string of the molecule is CCCCc1c(Cl)c2c(c(Cl)c1CCCC)OC(CN1CCN(c3nccc(N)n3)CC1)CO2. The van der Waals surface area contributed by atoms with Gasteiger partial charge in [-0.2, -0.15) is 4.98 Å². The molecule has 1 aromatic carbocycles. The summed E-state index contributed by atoms with van der Waals surface area (Å²) in [4.78, 5) is 13.2. The van der Waals surface area contributed by atoms with Crippen molar-refractivity contribution in [2.45, 2.75) is 58.5 Å². The van der Waals surface area contributed by atoms with E-state index in [2.05, 4.69) is 33.6 Å². The number of hydrogen-bond donors (Lipinski definition) is 1. The molecule has 1 aromatic heterocycles. The molecule has 7 nitrogen and oxygen atoms in total. The van der Waals surface area contributed by atoms with Crippen molar-refractivity contribution in [2.75, 3.05) is 50.0 Å². The Morgan fingerprint density at radius 1 is 1.00 bits per heavy atom. The molecule has 0 amide bonds. The molecule has 0 aliphatic carbocycles. The van der Waals surface area contributed by atoms with Gasteiger partial charge in [-0.3, -0.25) is 4.90 Å². The second-order valence-corrected chi connectivity index (χ2v) is 9.83. The number of hydrogen-bond acceptors (Lipinski definition) is 7. The third-order valence-electron chi connectivity index (χ3n) is 6.54. The molecule has 1 fully saturated rings. The summed E-state index contributed by atoms with van der Waals surface area (Å²) >= 11 is 13.8. The molecule has 4 rings (SSSR count). The van der Waals surface area contributed by atoms with Crippen molar-refractivity contribution in [3.63, 3.8) is 0 Å². The fourth-order valence-electron chi connectivity index (χ4n) is 4.60. The Morgan fingerprint density at radius 3 is 2.26 bits per heavy atom. The van der Waals surface area contributed by atoms with Gasteiger partial charge in [0, 0.05) is 38.9 Å². The number of unbranched alkanes of at least 4 members (excludes halogenated alkanes) is 2. The topological polar surface area (TPSA) is 76.7 Å². The maximum atomic E-state index is 6.92. The van der Waals surface area contributed by atoms with Gasteiger partial charge in [-0.25, -0.2) is 4.98 Å². The van der Waals surface area contributed by atoms with Crippen LogP contribution in [0.15, 0.2) is 12.3 Å². The number of nitrogen functional groups attached to an aromatic ring is 1. The van der Waals surface area contributed by atoms with Crippen LogP contribution in [0, 0.1) is 0 Å². The standard InChI is InChI=1S/C25H35Cl2N5O2/c1-3-5-7-18-19(8-6-4-2)22(27)24-23(21(18)26)33-16-17(34-24)15-31-11-13-32(14-12-31)25-29-10-9-20(28)30-25/h9-10,17H,3-8,11-16H2,1-2H3,(H2,28,29,30). The van der Waals surface area contributed by atoms with E-state index in [0.717, 1.165) is 82.4 Å². The number of benzene rings is 1. The van der Waals surface area contributed by atoms with Crippen LogP contribution in [0.3, 0.4) is 0 Å². The quantitative estimate of drug-likeness (QED) is 0.510. The largest absolute Gasteiger partial charge is 0.484 e. The molecule has 2 aromatic rings. The minimum atomic E-state index is -0.100. The molecular formula is C25H35Cl2N5O2. The Kier molecular flexibility index (Phi) is 8.61. The Morgan fingerprint density at radius 2 is 1.65 bits per heavy atom. The molecule has 2 N–H and O–H groups in total. The molecule has 186 valence electrons. The van der Waals surface area contributed by atoms with Gasteiger partial charge in [0.1, 0.15) is 18.5 Å². The molecule has 0 saturated carbocycles. The molecule has 2 aliphatic rings. The van der Waals surface area contributed by atoms with Crippen molar-refractivity contribution >= 4 is 35.0 Å². The maximum Gasteiger partial charge on any atom is 0.227 e. The van der Waals surface area contributed by atoms with Gasteiger partial charge < -0.3 is 20.1 Å². The maximum absolute atomic E-state index is 6.92. The lowest BCUT2D eigenvalue weighted by Gasteiger charge is -2.37. The first-order valence-electron chi connectivity index (χ1n) is 12.4. The number of piperazine rings is 1. The average Bonchev–Trinajstić information content (AvgIpc) is 2.85. The van der Waals surface area contributed by atoms with E-state index in [-0.39, 0.29) is 6.10 Å². The van der Waals surface area contributed by atoms with E-state index in [1.165, 1.54) is 0 Å². The van der Waals surface area contributed by atoms with Gasteiger partial charge in [0.25, 0.3) is 0 Å². The zero-order valence-electron chi connectivity index (χ0n) is 20.2.